The van der Waals surface area contributed by atoms with Crippen molar-refractivity contribution in [2.75, 3.05) is 26.2 Å². The zero-order chi connectivity index (χ0) is 21.4. The molecule has 4 heterocycles. The Kier molecular flexibility index (Phi) is 5.61. The van der Waals surface area contributed by atoms with Gasteiger partial charge in [0.05, 0.1) is 11.2 Å². The van der Waals surface area contributed by atoms with Gasteiger partial charge in [0.2, 0.25) is 10.0 Å². The Morgan fingerprint density at radius 3 is 2.71 bits per heavy atom. The van der Waals surface area contributed by atoms with Crippen molar-refractivity contribution in [3.63, 3.8) is 0 Å². The number of thiazole rings is 1. The van der Waals surface area contributed by atoms with Crippen molar-refractivity contribution in [1.82, 2.24) is 19.2 Å². The third kappa shape index (κ3) is 4.16. The third-order valence-corrected chi connectivity index (χ3v) is 9.02. The lowest BCUT2D eigenvalue weighted by Crippen LogP contribution is -2.48. The van der Waals surface area contributed by atoms with Gasteiger partial charge in [-0.3, -0.25) is 9.88 Å². The number of para-hydroxylation sites is 1. The Labute approximate surface area is 189 Å². The van der Waals surface area contributed by atoms with Gasteiger partial charge >= 0.3 is 0 Å². The van der Waals surface area contributed by atoms with Crippen LogP contribution in [0.4, 0.5) is 0 Å². The Hall–Kier alpha value is -2.17. The van der Waals surface area contributed by atoms with Gasteiger partial charge in [0.1, 0.15) is 9.90 Å². The number of thiophene rings is 1. The van der Waals surface area contributed by atoms with Gasteiger partial charge in [-0.25, -0.2) is 13.4 Å². The number of aryl methyl sites for hydroxylation is 1. The summed E-state index contributed by atoms with van der Waals surface area (Å²) in [4.78, 5) is 11.7. The van der Waals surface area contributed by atoms with Crippen molar-refractivity contribution >= 4 is 43.6 Å². The molecule has 31 heavy (non-hydrogen) atoms. The number of benzene rings is 1. The van der Waals surface area contributed by atoms with Crippen molar-refractivity contribution < 1.29 is 8.42 Å². The summed E-state index contributed by atoms with van der Waals surface area (Å²) in [6.45, 7) is 4.99. The second-order valence-corrected chi connectivity index (χ2v) is 11.2. The van der Waals surface area contributed by atoms with E-state index in [4.69, 9.17) is 4.98 Å². The van der Waals surface area contributed by atoms with Gasteiger partial charge in [0.15, 0.2) is 0 Å². The van der Waals surface area contributed by atoms with E-state index in [1.807, 2.05) is 19.1 Å². The van der Waals surface area contributed by atoms with Gasteiger partial charge in [0.25, 0.3) is 0 Å². The third-order valence-electron chi connectivity index (χ3n) is 5.47. The molecule has 4 aromatic rings. The molecule has 0 N–H and O–H groups in total. The number of aromatic nitrogens is 2. The molecule has 0 unspecified atom stereocenters. The maximum atomic E-state index is 13.3. The summed E-state index contributed by atoms with van der Waals surface area (Å²) in [6, 6.07) is 9.41. The van der Waals surface area contributed by atoms with Crippen LogP contribution in [0.1, 0.15) is 11.3 Å². The first-order valence-corrected chi connectivity index (χ1v) is 13.3. The first kappa shape index (κ1) is 20.7. The van der Waals surface area contributed by atoms with Crippen LogP contribution >= 0.6 is 22.7 Å². The highest BCUT2D eigenvalue weighted by Crippen LogP contribution is 2.28. The minimum absolute atomic E-state index is 0.290. The molecule has 3 aromatic heterocycles. The van der Waals surface area contributed by atoms with Crippen molar-refractivity contribution in [3.05, 3.63) is 63.9 Å². The minimum Gasteiger partial charge on any atom is -0.295 e. The number of hydrogen-bond acceptors (Lipinski definition) is 7. The highest BCUT2D eigenvalue weighted by Gasteiger charge is 2.30. The van der Waals surface area contributed by atoms with E-state index in [0.717, 1.165) is 33.8 Å². The number of rotatable bonds is 5. The Balaban J connectivity index is 1.28. The monoisotopic (exact) mass is 470 g/mol. The van der Waals surface area contributed by atoms with Crippen LogP contribution in [0.2, 0.25) is 0 Å². The number of pyridine rings is 1. The molecule has 1 aliphatic heterocycles. The van der Waals surface area contributed by atoms with Crippen molar-refractivity contribution in [2.45, 2.75) is 18.4 Å². The Bertz CT molecular complexity index is 1310. The molecule has 1 aromatic carbocycles. The average Bonchev–Trinajstić information content (AvgIpc) is 3.45. The molecule has 0 aliphatic carbocycles. The average molecular weight is 471 g/mol. The maximum absolute atomic E-state index is 13.3. The summed E-state index contributed by atoms with van der Waals surface area (Å²) in [5.74, 6) is 0. The molecule has 1 saturated heterocycles. The van der Waals surface area contributed by atoms with Crippen LogP contribution < -0.4 is 0 Å². The first-order valence-electron chi connectivity index (χ1n) is 10.1. The number of hydrogen-bond donors (Lipinski definition) is 0. The van der Waals surface area contributed by atoms with E-state index in [1.54, 1.807) is 45.3 Å². The van der Waals surface area contributed by atoms with Crippen LogP contribution in [-0.4, -0.2) is 53.8 Å². The first-order chi connectivity index (χ1) is 15.0. The molecule has 5 rings (SSSR count). The quantitative estimate of drug-likeness (QED) is 0.437. The van der Waals surface area contributed by atoms with Crippen LogP contribution in [0.25, 0.3) is 21.5 Å². The van der Waals surface area contributed by atoms with Crippen molar-refractivity contribution in [1.29, 1.82) is 0 Å². The van der Waals surface area contributed by atoms with Gasteiger partial charge in [0, 0.05) is 60.6 Å². The van der Waals surface area contributed by atoms with Crippen LogP contribution in [0.15, 0.2) is 57.6 Å². The summed E-state index contributed by atoms with van der Waals surface area (Å²) < 4.78 is 28.3. The van der Waals surface area contributed by atoms with Crippen LogP contribution in [0.3, 0.4) is 0 Å². The molecule has 9 heteroatoms. The smallest absolute Gasteiger partial charge is 0.245 e. The van der Waals surface area contributed by atoms with Crippen molar-refractivity contribution in [2.24, 2.45) is 0 Å². The number of piperazine rings is 1. The van der Waals surface area contributed by atoms with E-state index in [-0.39, 0.29) is 0 Å². The van der Waals surface area contributed by atoms with Crippen LogP contribution in [-0.2, 0) is 16.6 Å². The number of fused-ring (bicyclic) bond motifs is 1. The van der Waals surface area contributed by atoms with E-state index in [1.165, 1.54) is 0 Å². The van der Waals surface area contributed by atoms with Crippen molar-refractivity contribution in [3.8, 4) is 10.6 Å². The van der Waals surface area contributed by atoms with Gasteiger partial charge in [-0.1, -0.05) is 12.1 Å². The SMILES string of the molecule is Cc1cnc2c(S(=O)(=O)N3CCN(Cc4csc(-c5ccsc5)n4)CC3)cccc2c1. The summed E-state index contributed by atoms with van der Waals surface area (Å²) >= 11 is 3.33. The van der Waals surface area contributed by atoms with Crippen LogP contribution in [0, 0.1) is 6.92 Å². The molecule has 6 nitrogen and oxygen atoms in total. The lowest BCUT2D eigenvalue weighted by molar-refractivity contribution is 0.180. The predicted molar refractivity (Wildman–Crippen MR) is 126 cm³/mol. The molecule has 160 valence electrons. The summed E-state index contributed by atoms with van der Waals surface area (Å²) in [5, 5.41) is 8.15. The molecule has 0 spiro atoms. The second kappa shape index (κ2) is 8.40. The normalized spacial score (nSPS) is 16.2. The number of sulfonamides is 1. The Morgan fingerprint density at radius 2 is 1.94 bits per heavy atom. The van der Waals surface area contributed by atoms with E-state index < -0.39 is 10.0 Å². The molecule has 0 bridgehead atoms. The lowest BCUT2D eigenvalue weighted by atomic mass is 10.2. The minimum atomic E-state index is -3.59. The Morgan fingerprint density at radius 1 is 1.10 bits per heavy atom. The fraction of sp³-hybridized carbons (Fsp3) is 0.273. The fourth-order valence-corrected chi connectivity index (χ4v) is 6.96. The zero-order valence-electron chi connectivity index (χ0n) is 17.1. The zero-order valence-corrected chi connectivity index (χ0v) is 19.5. The molecular formula is C22H22N4O2S3. The molecule has 0 amide bonds. The van der Waals surface area contributed by atoms with E-state index in [2.05, 4.69) is 32.1 Å². The molecule has 0 saturated carbocycles. The topological polar surface area (TPSA) is 66.4 Å². The van der Waals surface area contributed by atoms with Gasteiger partial charge < -0.3 is 0 Å². The summed E-state index contributed by atoms with van der Waals surface area (Å²) in [6.07, 6.45) is 1.72. The molecule has 1 aliphatic rings. The molecule has 1 fully saturated rings. The van der Waals surface area contributed by atoms with E-state index in [0.29, 0.717) is 36.6 Å². The van der Waals surface area contributed by atoms with Gasteiger partial charge in [-0.05, 0) is 36.1 Å². The highest BCUT2D eigenvalue weighted by atomic mass is 32.2. The second-order valence-electron chi connectivity index (χ2n) is 7.68. The standard InChI is InChI=1S/C22H22N4O2S3/c1-16-11-17-3-2-4-20(21(17)23-12-16)31(27,28)26-8-6-25(7-9-26)13-19-15-30-22(24-19)18-5-10-29-14-18/h2-5,10-12,14-15H,6-9,13H2,1H3. The summed E-state index contributed by atoms with van der Waals surface area (Å²) in [7, 11) is -3.59. The van der Waals surface area contributed by atoms with Crippen LogP contribution in [0.5, 0.6) is 0 Å². The maximum Gasteiger partial charge on any atom is 0.245 e. The largest absolute Gasteiger partial charge is 0.295 e. The van der Waals surface area contributed by atoms with Gasteiger partial charge in [-0.15, -0.1) is 11.3 Å². The van der Waals surface area contributed by atoms with Gasteiger partial charge in [-0.2, -0.15) is 15.6 Å². The molecular weight excluding hydrogens is 448 g/mol. The highest BCUT2D eigenvalue weighted by molar-refractivity contribution is 7.89. The van der Waals surface area contributed by atoms with E-state index >= 15 is 0 Å². The molecule has 0 radical (unpaired) electrons. The van der Waals surface area contributed by atoms with E-state index in [9.17, 15) is 8.42 Å². The fourth-order valence-electron chi connectivity index (χ4n) is 3.85. The molecule has 0 atom stereocenters. The predicted octanol–water partition coefficient (Wildman–Crippen LogP) is 4.23. The lowest BCUT2D eigenvalue weighted by Gasteiger charge is -2.33. The summed E-state index contributed by atoms with van der Waals surface area (Å²) in [5.41, 5.74) is 3.76. The number of nitrogens with zero attached hydrogens (tertiary/aromatic N) is 4.